The molecule has 1 fully saturated rings. The smallest absolute Gasteiger partial charge is 0.399 e. The SMILES string of the molecule is Cc1ccc(SNC(=O)NCCc2ccc(B3OC(C)(C)C(C)(C)O3)cc2)cc1. The average Bonchev–Trinajstić information content (AvgIpc) is 2.89. The van der Waals surface area contributed by atoms with Gasteiger partial charge in [0.25, 0.3) is 0 Å². The van der Waals surface area contributed by atoms with Crippen LogP contribution in [0, 0.1) is 6.92 Å². The fraction of sp³-hybridized carbons (Fsp3) is 0.409. The molecule has 1 aliphatic heterocycles. The Morgan fingerprint density at radius 3 is 2.14 bits per heavy atom. The summed E-state index contributed by atoms with van der Waals surface area (Å²) in [6.45, 7) is 10.8. The molecule has 1 aliphatic rings. The van der Waals surface area contributed by atoms with Gasteiger partial charge in [-0.05, 0) is 76.1 Å². The van der Waals surface area contributed by atoms with E-state index in [4.69, 9.17) is 9.31 Å². The van der Waals surface area contributed by atoms with Gasteiger partial charge in [0.15, 0.2) is 0 Å². The van der Waals surface area contributed by atoms with Gasteiger partial charge >= 0.3 is 13.1 Å². The topological polar surface area (TPSA) is 59.6 Å². The zero-order valence-electron chi connectivity index (χ0n) is 17.7. The first-order valence-corrected chi connectivity index (χ1v) is 10.7. The van der Waals surface area contributed by atoms with Crippen molar-refractivity contribution in [3.05, 3.63) is 59.7 Å². The van der Waals surface area contributed by atoms with Crippen molar-refractivity contribution in [3.63, 3.8) is 0 Å². The van der Waals surface area contributed by atoms with Crippen molar-refractivity contribution in [2.24, 2.45) is 0 Å². The number of carbonyl (C=O) groups is 1. The zero-order chi connectivity index (χ0) is 21.1. The normalized spacial score (nSPS) is 17.2. The van der Waals surface area contributed by atoms with Crippen LogP contribution in [0.3, 0.4) is 0 Å². The van der Waals surface area contributed by atoms with E-state index < -0.39 is 0 Å². The Morgan fingerprint density at radius 2 is 1.55 bits per heavy atom. The van der Waals surface area contributed by atoms with Crippen molar-refractivity contribution in [1.29, 1.82) is 0 Å². The fourth-order valence-corrected chi connectivity index (χ4v) is 3.44. The maximum Gasteiger partial charge on any atom is 0.494 e. The lowest BCUT2D eigenvalue weighted by atomic mass is 9.79. The van der Waals surface area contributed by atoms with E-state index in [2.05, 4.69) is 49.9 Å². The lowest BCUT2D eigenvalue weighted by Gasteiger charge is -2.32. The van der Waals surface area contributed by atoms with Gasteiger partial charge < -0.3 is 14.6 Å². The summed E-state index contributed by atoms with van der Waals surface area (Å²) in [4.78, 5) is 13.0. The Bertz CT molecular complexity index is 822. The van der Waals surface area contributed by atoms with Crippen molar-refractivity contribution in [1.82, 2.24) is 10.0 Å². The number of aryl methyl sites for hydroxylation is 1. The van der Waals surface area contributed by atoms with Gasteiger partial charge in [0.2, 0.25) is 0 Å². The molecule has 29 heavy (non-hydrogen) atoms. The van der Waals surface area contributed by atoms with Crippen molar-refractivity contribution in [3.8, 4) is 0 Å². The molecule has 2 amide bonds. The summed E-state index contributed by atoms with van der Waals surface area (Å²) in [5, 5.41) is 2.88. The lowest BCUT2D eigenvalue weighted by Crippen LogP contribution is -2.41. The summed E-state index contributed by atoms with van der Waals surface area (Å²) in [5.74, 6) is 0. The minimum Gasteiger partial charge on any atom is -0.399 e. The number of hydrogen-bond donors (Lipinski definition) is 2. The second-order valence-corrected chi connectivity index (χ2v) is 9.23. The van der Waals surface area contributed by atoms with E-state index in [9.17, 15) is 4.79 Å². The summed E-state index contributed by atoms with van der Waals surface area (Å²) < 4.78 is 15.0. The van der Waals surface area contributed by atoms with Crippen LogP contribution in [0.2, 0.25) is 0 Å². The summed E-state index contributed by atoms with van der Waals surface area (Å²) in [6, 6.07) is 16.0. The highest BCUT2D eigenvalue weighted by Crippen LogP contribution is 2.36. The highest BCUT2D eigenvalue weighted by molar-refractivity contribution is 7.98. The van der Waals surface area contributed by atoms with Crippen LogP contribution in [-0.4, -0.2) is 30.9 Å². The first-order chi connectivity index (χ1) is 13.7. The van der Waals surface area contributed by atoms with Crippen LogP contribution in [0.5, 0.6) is 0 Å². The molecule has 0 aromatic heterocycles. The third kappa shape index (κ3) is 5.56. The molecule has 154 valence electrons. The summed E-state index contributed by atoms with van der Waals surface area (Å²) in [5.41, 5.74) is 2.67. The number of rotatable bonds is 6. The first-order valence-electron chi connectivity index (χ1n) is 9.88. The summed E-state index contributed by atoms with van der Waals surface area (Å²) >= 11 is 1.31. The lowest BCUT2D eigenvalue weighted by molar-refractivity contribution is 0.00578. The predicted octanol–water partition coefficient (Wildman–Crippen LogP) is 3.84. The minimum atomic E-state index is -0.350. The Kier molecular flexibility index (Phi) is 6.61. The molecular formula is C22H29BN2O3S. The van der Waals surface area contributed by atoms with Crippen LogP contribution < -0.4 is 15.5 Å². The van der Waals surface area contributed by atoms with Crippen molar-refractivity contribution >= 4 is 30.6 Å². The van der Waals surface area contributed by atoms with E-state index in [1.165, 1.54) is 17.5 Å². The van der Waals surface area contributed by atoms with Crippen molar-refractivity contribution < 1.29 is 14.1 Å². The molecule has 0 atom stereocenters. The number of carbonyl (C=O) groups excluding carboxylic acids is 1. The van der Waals surface area contributed by atoms with Crippen LogP contribution in [0.1, 0.15) is 38.8 Å². The van der Waals surface area contributed by atoms with Gasteiger partial charge in [-0.2, -0.15) is 0 Å². The molecule has 2 N–H and O–H groups in total. The molecule has 0 radical (unpaired) electrons. The molecule has 0 bridgehead atoms. The molecule has 0 unspecified atom stereocenters. The van der Waals surface area contributed by atoms with E-state index >= 15 is 0 Å². The van der Waals surface area contributed by atoms with E-state index in [0.717, 1.165) is 22.3 Å². The second-order valence-electron chi connectivity index (χ2n) is 8.35. The van der Waals surface area contributed by atoms with Gasteiger partial charge in [-0.3, -0.25) is 4.72 Å². The third-order valence-electron chi connectivity index (χ3n) is 5.49. The number of benzene rings is 2. The summed E-state index contributed by atoms with van der Waals surface area (Å²) in [7, 11) is -0.350. The fourth-order valence-electron chi connectivity index (χ4n) is 2.89. The standard InChI is InChI=1S/C22H29BN2O3S/c1-16-6-12-19(13-7-16)29-25-20(26)24-15-14-17-8-10-18(11-9-17)23-27-21(2,3)22(4,5)28-23/h6-13H,14-15H2,1-5H3,(H2,24,25,26). The van der Waals surface area contributed by atoms with Gasteiger partial charge in [0.1, 0.15) is 0 Å². The van der Waals surface area contributed by atoms with Crippen LogP contribution in [0.25, 0.3) is 0 Å². The molecule has 1 saturated heterocycles. The van der Waals surface area contributed by atoms with Gasteiger partial charge in [-0.15, -0.1) is 0 Å². The van der Waals surface area contributed by atoms with Crippen LogP contribution in [-0.2, 0) is 15.7 Å². The molecule has 0 saturated carbocycles. The molecule has 2 aromatic carbocycles. The molecule has 0 spiro atoms. The van der Waals surface area contributed by atoms with E-state index in [-0.39, 0.29) is 24.4 Å². The van der Waals surface area contributed by atoms with Crippen molar-refractivity contribution in [2.75, 3.05) is 6.54 Å². The molecule has 7 heteroatoms. The minimum absolute atomic E-state index is 0.190. The summed E-state index contributed by atoms with van der Waals surface area (Å²) in [6.07, 6.45) is 0.756. The zero-order valence-corrected chi connectivity index (χ0v) is 18.6. The van der Waals surface area contributed by atoms with E-state index in [1.54, 1.807) is 0 Å². The molecule has 5 nitrogen and oxygen atoms in total. The first kappa shape index (κ1) is 21.7. The number of amides is 2. The molecule has 0 aliphatic carbocycles. The maximum absolute atomic E-state index is 11.9. The Hall–Kier alpha value is -1.96. The molecular weight excluding hydrogens is 383 g/mol. The monoisotopic (exact) mass is 412 g/mol. The second kappa shape index (κ2) is 8.82. The van der Waals surface area contributed by atoms with Gasteiger partial charge in [-0.25, -0.2) is 4.79 Å². The molecule has 1 heterocycles. The third-order valence-corrected chi connectivity index (χ3v) is 6.28. The van der Waals surface area contributed by atoms with Gasteiger partial charge in [0.05, 0.1) is 11.2 Å². The predicted molar refractivity (Wildman–Crippen MR) is 119 cm³/mol. The highest BCUT2D eigenvalue weighted by atomic mass is 32.2. The maximum atomic E-state index is 11.9. The Morgan fingerprint density at radius 1 is 0.966 bits per heavy atom. The Labute approximate surface area is 178 Å². The van der Waals surface area contributed by atoms with E-state index in [0.29, 0.717) is 6.54 Å². The largest absolute Gasteiger partial charge is 0.494 e. The molecule has 2 aromatic rings. The molecule has 3 rings (SSSR count). The quantitative estimate of drug-likeness (QED) is 0.559. The van der Waals surface area contributed by atoms with Gasteiger partial charge in [-0.1, -0.05) is 42.0 Å². The van der Waals surface area contributed by atoms with Crippen LogP contribution >= 0.6 is 11.9 Å². The Balaban J connectivity index is 1.42. The van der Waals surface area contributed by atoms with Crippen molar-refractivity contribution in [2.45, 2.75) is 57.1 Å². The number of urea groups is 1. The van der Waals surface area contributed by atoms with E-state index in [1.807, 2.05) is 43.3 Å². The van der Waals surface area contributed by atoms with Crippen LogP contribution in [0.15, 0.2) is 53.4 Å². The highest BCUT2D eigenvalue weighted by Gasteiger charge is 2.51. The average molecular weight is 412 g/mol. The number of hydrogen-bond acceptors (Lipinski definition) is 4. The number of nitrogens with one attached hydrogen (secondary N) is 2. The van der Waals surface area contributed by atoms with Gasteiger partial charge in [0, 0.05) is 11.4 Å². The van der Waals surface area contributed by atoms with Crippen LogP contribution in [0.4, 0.5) is 4.79 Å².